The van der Waals surface area contributed by atoms with Gasteiger partial charge in [-0.25, -0.2) is 9.98 Å². The van der Waals surface area contributed by atoms with Crippen LogP contribution in [0.2, 0.25) is 0 Å². The van der Waals surface area contributed by atoms with Crippen molar-refractivity contribution in [3.8, 4) is 0 Å². The highest BCUT2D eigenvalue weighted by atomic mass is 19.4. The van der Waals surface area contributed by atoms with Crippen LogP contribution in [-0.4, -0.2) is 36.4 Å². The molecule has 0 fully saturated rings. The number of alkyl halides is 6. The normalized spacial score (nSPS) is 18.1. The molecule has 0 aromatic heterocycles. The Labute approximate surface area is 104 Å². The number of guanidine groups is 2. The number of rotatable bonds is 2. The first-order valence-corrected chi connectivity index (χ1v) is 4.91. The van der Waals surface area contributed by atoms with E-state index < -0.39 is 36.4 Å². The van der Waals surface area contributed by atoms with Gasteiger partial charge in [0.05, 0.1) is 0 Å². The number of nitrogens with zero attached hydrogens (tertiary/aromatic N) is 2. The Morgan fingerprint density at radius 2 is 1.11 bits per heavy atom. The van der Waals surface area contributed by atoms with Crippen LogP contribution >= 0.6 is 0 Å². The summed E-state index contributed by atoms with van der Waals surface area (Å²) in [5.74, 6) is -1.55. The molecular formula is C8H13F6N5. The Morgan fingerprint density at radius 3 is 1.32 bits per heavy atom. The molecule has 0 aromatic carbocycles. The molecule has 0 rings (SSSR count). The summed E-state index contributed by atoms with van der Waals surface area (Å²) >= 11 is 0. The van der Waals surface area contributed by atoms with Crippen LogP contribution in [0.1, 0.15) is 13.8 Å². The van der Waals surface area contributed by atoms with Gasteiger partial charge in [-0.2, -0.15) is 26.3 Å². The van der Waals surface area contributed by atoms with Crippen LogP contribution in [0.4, 0.5) is 26.3 Å². The van der Waals surface area contributed by atoms with E-state index in [0.29, 0.717) is 0 Å². The van der Waals surface area contributed by atoms with Gasteiger partial charge in [-0.1, -0.05) is 0 Å². The first-order chi connectivity index (χ1) is 8.34. The number of aliphatic imine (C=N–C) groups is 2. The van der Waals surface area contributed by atoms with E-state index in [4.69, 9.17) is 11.5 Å². The third kappa shape index (κ3) is 6.72. The van der Waals surface area contributed by atoms with E-state index in [2.05, 4.69) is 9.98 Å². The van der Waals surface area contributed by atoms with Gasteiger partial charge in [-0.05, 0) is 13.8 Å². The summed E-state index contributed by atoms with van der Waals surface area (Å²) < 4.78 is 72.7. The van der Waals surface area contributed by atoms with E-state index in [1.54, 1.807) is 0 Å². The minimum atomic E-state index is -4.61. The third-order valence-corrected chi connectivity index (χ3v) is 1.87. The highest BCUT2D eigenvalue weighted by Crippen LogP contribution is 2.22. The first kappa shape index (κ1) is 17.3. The van der Waals surface area contributed by atoms with Gasteiger partial charge in [0.25, 0.3) is 0 Å². The molecule has 0 saturated carbocycles. The standard InChI is InChI=1S/C8H13F6N5/c1-3(7(9,10)11)17-5(15)19-6(16)18-4(2)8(12,13)14/h3-4H,1-2H3,(H5,15,16,17,18,19)/t3-,4-/m1/s1. The number of hydrogen-bond donors (Lipinski definition) is 3. The number of hydrogen-bond acceptors (Lipinski definition) is 2. The molecule has 11 heteroatoms. The maximum absolute atomic E-state index is 12.1. The van der Waals surface area contributed by atoms with E-state index in [0.717, 1.165) is 13.8 Å². The molecule has 0 saturated heterocycles. The topological polar surface area (TPSA) is 88.8 Å². The van der Waals surface area contributed by atoms with Gasteiger partial charge in [-0.15, -0.1) is 0 Å². The molecule has 0 heterocycles. The Morgan fingerprint density at radius 1 is 0.842 bits per heavy atom. The van der Waals surface area contributed by atoms with Crippen molar-refractivity contribution in [3.05, 3.63) is 0 Å². The van der Waals surface area contributed by atoms with Crippen molar-refractivity contribution >= 4 is 11.9 Å². The second kappa shape index (κ2) is 5.97. The molecule has 112 valence electrons. The highest BCUT2D eigenvalue weighted by Gasteiger charge is 2.37. The van der Waals surface area contributed by atoms with E-state index in [1.807, 2.05) is 5.32 Å². The largest absolute Gasteiger partial charge is 0.410 e. The average molecular weight is 293 g/mol. The Hall–Kier alpha value is -1.68. The Balaban J connectivity index is 4.70. The van der Waals surface area contributed by atoms with Gasteiger partial charge < -0.3 is 11.5 Å². The number of nitrogens with one attached hydrogen (secondary N) is 1. The molecule has 0 aliphatic rings. The highest BCUT2D eigenvalue weighted by molar-refractivity contribution is 5.97. The van der Waals surface area contributed by atoms with Crippen molar-refractivity contribution in [2.24, 2.45) is 21.5 Å². The molecule has 0 amide bonds. The summed E-state index contributed by atoms with van der Waals surface area (Å²) in [6, 6.07) is -4.24. The molecule has 0 aliphatic carbocycles. The predicted octanol–water partition coefficient (Wildman–Crippen LogP) is 1.11. The second-order valence-electron chi connectivity index (χ2n) is 3.59. The van der Waals surface area contributed by atoms with Crippen LogP contribution in [0.25, 0.3) is 0 Å². The first-order valence-electron chi connectivity index (χ1n) is 4.91. The zero-order valence-electron chi connectivity index (χ0n) is 9.97. The molecule has 0 unspecified atom stereocenters. The van der Waals surface area contributed by atoms with E-state index in [9.17, 15) is 26.3 Å². The zero-order chi connectivity index (χ0) is 15.4. The van der Waals surface area contributed by atoms with Gasteiger partial charge in [0, 0.05) is 0 Å². The molecule has 5 N–H and O–H groups in total. The molecule has 2 atom stereocenters. The van der Waals surface area contributed by atoms with Crippen molar-refractivity contribution in [2.45, 2.75) is 38.3 Å². The molecule has 0 radical (unpaired) electrons. The lowest BCUT2D eigenvalue weighted by Crippen LogP contribution is -2.44. The molecule has 0 aromatic rings. The molecule has 5 nitrogen and oxygen atoms in total. The Kier molecular flexibility index (Phi) is 5.45. The van der Waals surface area contributed by atoms with E-state index in [-0.39, 0.29) is 0 Å². The maximum Gasteiger partial charge on any atom is 0.410 e. The average Bonchev–Trinajstić information content (AvgIpc) is 2.13. The summed E-state index contributed by atoms with van der Waals surface area (Å²) in [5, 5.41) is 1.84. The minimum absolute atomic E-state index is 0.722. The predicted molar refractivity (Wildman–Crippen MR) is 57.4 cm³/mol. The summed E-state index contributed by atoms with van der Waals surface area (Å²) in [5.41, 5.74) is 10.1. The second-order valence-corrected chi connectivity index (χ2v) is 3.59. The van der Waals surface area contributed by atoms with Crippen LogP contribution in [0, 0.1) is 0 Å². The SMILES string of the molecule is C[C@@H](N=C(N)NC(N)=N[C@H](C)C(F)(F)F)C(F)(F)F. The lowest BCUT2D eigenvalue weighted by molar-refractivity contribution is -0.143. The van der Waals surface area contributed by atoms with Crippen LogP contribution in [0.15, 0.2) is 9.98 Å². The van der Waals surface area contributed by atoms with Crippen LogP contribution in [0.5, 0.6) is 0 Å². The van der Waals surface area contributed by atoms with Gasteiger partial charge >= 0.3 is 12.4 Å². The lowest BCUT2D eigenvalue weighted by Gasteiger charge is -2.14. The van der Waals surface area contributed by atoms with Gasteiger partial charge in [0.15, 0.2) is 11.9 Å². The fourth-order valence-electron chi connectivity index (χ4n) is 0.759. The van der Waals surface area contributed by atoms with Crippen LogP contribution in [0.3, 0.4) is 0 Å². The fourth-order valence-corrected chi connectivity index (χ4v) is 0.759. The molecule has 0 aliphatic heterocycles. The molecule has 19 heavy (non-hydrogen) atoms. The maximum atomic E-state index is 12.1. The zero-order valence-corrected chi connectivity index (χ0v) is 9.97. The number of halogens is 6. The fraction of sp³-hybridized carbons (Fsp3) is 0.750. The van der Waals surface area contributed by atoms with Gasteiger partial charge in [-0.3, -0.25) is 5.32 Å². The van der Waals surface area contributed by atoms with E-state index >= 15 is 0 Å². The minimum Gasteiger partial charge on any atom is -0.370 e. The van der Waals surface area contributed by atoms with E-state index in [1.165, 1.54) is 0 Å². The van der Waals surface area contributed by atoms with Crippen LogP contribution < -0.4 is 16.8 Å². The van der Waals surface area contributed by atoms with Gasteiger partial charge in [0.1, 0.15) is 12.1 Å². The van der Waals surface area contributed by atoms with Crippen molar-refractivity contribution in [1.82, 2.24) is 5.32 Å². The molecular weight excluding hydrogens is 280 g/mol. The van der Waals surface area contributed by atoms with Gasteiger partial charge in [0.2, 0.25) is 0 Å². The van der Waals surface area contributed by atoms with Crippen molar-refractivity contribution in [2.75, 3.05) is 0 Å². The van der Waals surface area contributed by atoms with Crippen LogP contribution in [-0.2, 0) is 0 Å². The number of nitrogens with two attached hydrogens (primary N) is 2. The summed E-state index contributed by atoms with van der Waals surface area (Å²) in [4.78, 5) is 5.95. The quantitative estimate of drug-likeness (QED) is 0.405. The molecule has 0 spiro atoms. The van der Waals surface area contributed by atoms with Crippen molar-refractivity contribution in [1.29, 1.82) is 0 Å². The molecule has 0 bridgehead atoms. The monoisotopic (exact) mass is 293 g/mol. The third-order valence-electron chi connectivity index (χ3n) is 1.87. The summed E-state index contributed by atoms with van der Waals surface area (Å²) in [7, 11) is 0. The van der Waals surface area contributed by atoms with Crippen molar-refractivity contribution < 1.29 is 26.3 Å². The van der Waals surface area contributed by atoms with Crippen molar-refractivity contribution in [3.63, 3.8) is 0 Å². The lowest BCUT2D eigenvalue weighted by atomic mass is 10.3. The summed E-state index contributed by atoms with van der Waals surface area (Å²) in [6.45, 7) is 1.44. The Bertz CT molecular complexity index is 324. The smallest absolute Gasteiger partial charge is 0.370 e. The summed E-state index contributed by atoms with van der Waals surface area (Å²) in [6.07, 6.45) is -9.23.